The number of carbonyl (C=O) groups excluding carboxylic acids is 1. The van der Waals surface area contributed by atoms with E-state index in [4.69, 9.17) is 9.47 Å². The molecule has 0 saturated heterocycles. The minimum Gasteiger partial charge on any atom is -0.493 e. The van der Waals surface area contributed by atoms with Crippen molar-refractivity contribution in [2.75, 3.05) is 33.9 Å². The molecule has 1 amide bonds. The van der Waals surface area contributed by atoms with Gasteiger partial charge in [-0.2, -0.15) is 0 Å². The second-order valence-corrected chi connectivity index (χ2v) is 7.35. The molecule has 168 valence electrons. The third-order valence-electron chi connectivity index (χ3n) is 4.83. The molecule has 1 atom stereocenters. The Hall–Kier alpha value is -3.22. The van der Waals surface area contributed by atoms with Crippen molar-refractivity contribution in [1.82, 2.24) is 16.0 Å². The van der Waals surface area contributed by atoms with Crippen molar-refractivity contribution in [3.8, 4) is 11.5 Å². The number of amides is 1. The van der Waals surface area contributed by atoms with E-state index in [1.165, 1.54) is 11.1 Å². The highest BCUT2D eigenvalue weighted by molar-refractivity contribution is 5.79. The van der Waals surface area contributed by atoms with Crippen LogP contribution in [0.1, 0.15) is 36.5 Å². The lowest BCUT2D eigenvalue weighted by Crippen LogP contribution is -2.38. The van der Waals surface area contributed by atoms with Gasteiger partial charge >= 0.3 is 0 Å². The number of guanidine groups is 1. The first kappa shape index (κ1) is 24.1. The van der Waals surface area contributed by atoms with Crippen LogP contribution in [0.4, 0.5) is 0 Å². The van der Waals surface area contributed by atoms with Gasteiger partial charge in [0.25, 0.3) is 5.91 Å². The Labute approximate surface area is 185 Å². The summed E-state index contributed by atoms with van der Waals surface area (Å²) in [6.07, 6.45) is 0. The third-order valence-corrected chi connectivity index (χ3v) is 4.83. The number of nitrogens with zero attached hydrogens (tertiary/aromatic N) is 1. The molecule has 2 aromatic carbocycles. The highest BCUT2D eigenvalue weighted by Gasteiger charge is 2.10. The number of aliphatic imine (C=N–C) groups is 1. The Morgan fingerprint density at radius 3 is 2.58 bits per heavy atom. The molecular formula is C24H34N4O3. The van der Waals surface area contributed by atoms with Crippen LogP contribution in [0.15, 0.2) is 47.5 Å². The average Bonchev–Trinajstić information content (AvgIpc) is 2.78. The topological polar surface area (TPSA) is 84.0 Å². The predicted octanol–water partition coefficient (Wildman–Crippen LogP) is 2.99. The number of ether oxygens (including phenoxy) is 2. The zero-order chi connectivity index (χ0) is 22.6. The van der Waals surface area contributed by atoms with Crippen LogP contribution in [0.25, 0.3) is 0 Å². The van der Waals surface area contributed by atoms with E-state index in [0.29, 0.717) is 30.5 Å². The molecule has 0 aliphatic rings. The average molecular weight is 427 g/mol. The SMILES string of the molecule is CCNC(=O)COc1ccc(CNC(=NC)NCC(C)c2cccc(C)c2)cc1OC. The molecule has 2 aromatic rings. The van der Waals surface area contributed by atoms with Crippen LogP contribution in [0, 0.1) is 6.92 Å². The maximum absolute atomic E-state index is 11.6. The van der Waals surface area contributed by atoms with E-state index in [1.54, 1.807) is 14.2 Å². The van der Waals surface area contributed by atoms with Gasteiger partial charge in [-0.15, -0.1) is 0 Å². The molecule has 1 unspecified atom stereocenters. The number of carbonyl (C=O) groups is 1. The van der Waals surface area contributed by atoms with Crippen molar-refractivity contribution in [1.29, 1.82) is 0 Å². The quantitative estimate of drug-likeness (QED) is 0.402. The van der Waals surface area contributed by atoms with Crippen molar-refractivity contribution in [2.24, 2.45) is 4.99 Å². The molecular weight excluding hydrogens is 392 g/mol. The second-order valence-electron chi connectivity index (χ2n) is 7.35. The van der Waals surface area contributed by atoms with Gasteiger partial charge in [-0.3, -0.25) is 9.79 Å². The van der Waals surface area contributed by atoms with Gasteiger partial charge in [0.2, 0.25) is 0 Å². The van der Waals surface area contributed by atoms with Gasteiger partial charge in [0.15, 0.2) is 24.1 Å². The summed E-state index contributed by atoms with van der Waals surface area (Å²) in [4.78, 5) is 15.9. The van der Waals surface area contributed by atoms with Crippen molar-refractivity contribution in [2.45, 2.75) is 33.2 Å². The molecule has 0 aromatic heterocycles. The molecule has 0 radical (unpaired) electrons. The van der Waals surface area contributed by atoms with Gasteiger partial charge in [-0.05, 0) is 43.0 Å². The number of aryl methyl sites for hydroxylation is 1. The molecule has 0 aliphatic heterocycles. The molecule has 0 saturated carbocycles. The van der Waals surface area contributed by atoms with Crippen molar-refractivity contribution < 1.29 is 14.3 Å². The molecule has 0 spiro atoms. The Bertz CT molecular complexity index is 883. The Morgan fingerprint density at radius 2 is 1.90 bits per heavy atom. The highest BCUT2D eigenvalue weighted by atomic mass is 16.5. The van der Waals surface area contributed by atoms with E-state index < -0.39 is 0 Å². The van der Waals surface area contributed by atoms with Crippen LogP contribution in [0.2, 0.25) is 0 Å². The predicted molar refractivity (Wildman–Crippen MR) is 125 cm³/mol. The van der Waals surface area contributed by atoms with E-state index >= 15 is 0 Å². The van der Waals surface area contributed by atoms with E-state index in [9.17, 15) is 4.79 Å². The molecule has 0 heterocycles. The molecule has 2 rings (SSSR count). The fraction of sp³-hybridized carbons (Fsp3) is 0.417. The second kappa shape index (κ2) is 12.5. The fourth-order valence-electron chi connectivity index (χ4n) is 3.08. The molecule has 7 nitrogen and oxygen atoms in total. The largest absolute Gasteiger partial charge is 0.493 e. The van der Waals surface area contributed by atoms with Gasteiger partial charge in [-0.1, -0.05) is 42.8 Å². The lowest BCUT2D eigenvalue weighted by molar-refractivity contribution is -0.123. The zero-order valence-corrected chi connectivity index (χ0v) is 19.1. The molecule has 7 heteroatoms. The van der Waals surface area contributed by atoms with Crippen molar-refractivity contribution in [3.05, 3.63) is 59.2 Å². The molecule has 31 heavy (non-hydrogen) atoms. The molecule has 0 fully saturated rings. The number of likely N-dealkylation sites (N-methyl/N-ethyl adjacent to an activating group) is 1. The van der Waals surface area contributed by atoms with Gasteiger partial charge in [0.05, 0.1) is 7.11 Å². The number of hydrogen-bond acceptors (Lipinski definition) is 4. The van der Waals surface area contributed by atoms with Gasteiger partial charge < -0.3 is 25.4 Å². The first-order valence-electron chi connectivity index (χ1n) is 10.5. The minimum atomic E-state index is -0.162. The van der Waals surface area contributed by atoms with Crippen LogP contribution in [0.5, 0.6) is 11.5 Å². The molecule has 0 aliphatic carbocycles. The van der Waals surface area contributed by atoms with Crippen LogP contribution in [0.3, 0.4) is 0 Å². The first-order chi connectivity index (χ1) is 15.0. The zero-order valence-electron chi connectivity index (χ0n) is 19.1. The molecule has 0 bridgehead atoms. The van der Waals surface area contributed by atoms with Gasteiger partial charge in [0, 0.05) is 26.7 Å². The summed E-state index contributed by atoms with van der Waals surface area (Å²) in [6, 6.07) is 14.2. The van der Waals surface area contributed by atoms with E-state index in [1.807, 2.05) is 25.1 Å². The summed E-state index contributed by atoms with van der Waals surface area (Å²) in [5.41, 5.74) is 3.58. The maximum Gasteiger partial charge on any atom is 0.257 e. The van der Waals surface area contributed by atoms with E-state index in [-0.39, 0.29) is 12.5 Å². The van der Waals surface area contributed by atoms with Crippen molar-refractivity contribution >= 4 is 11.9 Å². The summed E-state index contributed by atoms with van der Waals surface area (Å²) in [6.45, 7) is 8.05. The van der Waals surface area contributed by atoms with Gasteiger partial charge in [-0.25, -0.2) is 0 Å². The van der Waals surface area contributed by atoms with Crippen LogP contribution in [-0.4, -0.2) is 45.7 Å². The number of benzene rings is 2. The number of methoxy groups -OCH3 is 1. The van der Waals surface area contributed by atoms with Crippen LogP contribution in [-0.2, 0) is 11.3 Å². The number of nitrogens with one attached hydrogen (secondary N) is 3. The Balaban J connectivity index is 1.89. The van der Waals surface area contributed by atoms with Crippen molar-refractivity contribution in [3.63, 3.8) is 0 Å². The maximum atomic E-state index is 11.6. The Morgan fingerprint density at radius 1 is 1.10 bits per heavy atom. The van der Waals surface area contributed by atoms with E-state index in [0.717, 1.165) is 18.1 Å². The van der Waals surface area contributed by atoms with Gasteiger partial charge in [0.1, 0.15) is 0 Å². The summed E-state index contributed by atoms with van der Waals surface area (Å²) < 4.78 is 11.0. The normalized spacial score (nSPS) is 12.1. The smallest absolute Gasteiger partial charge is 0.257 e. The van der Waals surface area contributed by atoms with Crippen LogP contribution >= 0.6 is 0 Å². The standard InChI is InChI=1S/C24H34N4O3/c1-6-26-23(29)16-31-21-11-10-19(13-22(21)30-5)15-28-24(25-4)27-14-18(3)20-9-7-8-17(2)12-20/h7-13,18H,6,14-16H2,1-5H3,(H,26,29)(H2,25,27,28). The lowest BCUT2D eigenvalue weighted by Gasteiger charge is -2.17. The van der Waals surface area contributed by atoms with Crippen LogP contribution < -0.4 is 25.4 Å². The molecule has 3 N–H and O–H groups in total. The number of rotatable bonds is 10. The summed E-state index contributed by atoms with van der Waals surface area (Å²) in [5, 5.41) is 9.40. The monoisotopic (exact) mass is 426 g/mol. The third kappa shape index (κ3) is 7.85. The first-order valence-corrected chi connectivity index (χ1v) is 10.5. The Kier molecular flexibility index (Phi) is 9.68. The fourth-order valence-corrected chi connectivity index (χ4v) is 3.08. The number of hydrogen-bond donors (Lipinski definition) is 3. The highest BCUT2D eigenvalue weighted by Crippen LogP contribution is 2.28. The summed E-state index contributed by atoms with van der Waals surface area (Å²) >= 11 is 0. The minimum absolute atomic E-state index is 0.0442. The summed E-state index contributed by atoms with van der Waals surface area (Å²) in [7, 11) is 3.34. The van der Waals surface area contributed by atoms with E-state index in [2.05, 4.69) is 59.1 Å². The lowest BCUT2D eigenvalue weighted by atomic mass is 9.99. The summed E-state index contributed by atoms with van der Waals surface area (Å²) in [5.74, 6) is 2.05.